The van der Waals surface area contributed by atoms with E-state index in [1.807, 2.05) is 47.1 Å². The number of aromatic nitrogens is 1. The Kier molecular flexibility index (Phi) is 3.27. The third-order valence-electron chi connectivity index (χ3n) is 3.96. The number of nitrogens with zero attached hydrogens (tertiary/aromatic N) is 1. The van der Waals surface area contributed by atoms with Crippen LogP contribution < -0.4 is 0 Å². The first-order chi connectivity index (χ1) is 9.18. The van der Waals surface area contributed by atoms with Crippen molar-refractivity contribution < 1.29 is 4.79 Å². The zero-order chi connectivity index (χ0) is 13.4. The Labute approximate surface area is 117 Å². The molecule has 2 atom stereocenters. The standard InChI is InChI=1S/C15H18N2OS/c1-10-11(2)19-8-7-17(10)15(18)13-9-16-14-6-4-3-5-12(13)14/h3-6,9-11,16H,7-8H2,1-2H3. The monoisotopic (exact) mass is 274 g/mol. The number of carbonyl (C=O) groups is 1. The Morgan fingerprint density at radius 3 is 3.00 bits per heavy atom. The summed E-state index contributed by atoms with van der Waals surface area (Å²) in [7, 11) is 0. The van der Waals surface area contributed by atoms with Crippen LogP contribution in [-0.2, 0) is 0 Å². The SMILES string of the molecule is CC1SCCN(C(=O)c2c[nH]c3ccccc23)C1C. The topological polar surface area (TPSA) is 36.1 Å². The van der Waals surface area contributed by atoms with Crippen LogP contribution >= 0.6 is 11.8 Å². The first-order valence-electron chi connectivity index (χ1n) is 6.67. The molecule has 3 rings (SSSR count). The molecule has 1 amide bonds. The number of H-pyrrole nitrogens is 1. The Balaban J connectivity index is 1.95. The average Bonchev–Trinajstić information content (AvgIpc) is 2.85. The summed E-state index contributed by atoms with van der Waals surface area (Å²) >= 11 is 1.95. The third-order valence-corrected chi connectivity index (χ3v) is 5.30. The van der Waals surface area contributed by atoms with Gasteiger partial charge in [-0.15, -0.1) is 0 Å². The van der Waals surface area contributed by atoms with Gasteiger partial charge >= 0.3 is 0 Å². The minimum atomic E-state index is 0.150. The molecule has 0 bridgehead atoms. The van der Waals surface area contributed by atoms with Gasteiger partial charge in [0.1, 0.15) is 0 Å². The largest absolute Gasteiger partial charge is 0.360 e. The summed E-state index contributed by atoms with van der Waals surface area (Å²) in [6.45, 7) is 5.18. The number of rotatable bonds is 1. The van der Waals surface area contributed by atoms with Gasteiger partial charge in [0.25, 0.3) is 5.91 Å². The molecule has 1 aliphatic heterocycles. The van der Waals surface area contributed by atoms with Crippen LogP contribution in [0.15, 0.2) is 30.5 Å². The highest BCUT2D eigenvalue weighted by Gasteiger charge is 2.30. The van der Waals surface area contributed by atoms with Gasteiger partial charge in [0.15, 0.2) is 0 Å². The molecular formula is C15H18N2OS. The molecule has 1 saturated heterocycles. The molecule has 2 aromatic rings. The van der Waals surface area contributed by atoms with E-state index < -0.39 is 0 Å². The van der Waals surface area contributed by atoms with Gasteiger partial charge in [-0.2, -0.15) is 11.8 Å². The van der Waals surface area contributed by atoms with Gasteiger partial charge in [-0.1, -0.05) is 25.1 Å². The van der Waals surface area contributed by atoms with Crippen molar-refractivity contribution in [2.75, 3.05) is 12.3 Å². The van der Waals surface area contributed by atoms with Crippen molar-refractivity contribution in [1.29, 1.82) is 0 Å². The lowest BCUT2D eigenvalue weighted by Crippen LogP contribution is -2.47. The molecule has 2 heterocycles. The van der Waals surface area contributed by atoms with Crippen molar-refractivity contribution in [3.05, 3.63) is 36.0 Å². The smallest absolute Gasteiger partial charge is 0.256 e. The van der Waals surface area contributed by atoms with Crippen LogP contribution in [0.5, 0.6) is 0 Å². The number of thioether (sulfide) groups is 1. The molecule has 0 radical (unpaired) electrons. The van der Waals surface area contributed by atoms with E-state index in [1.54, 1.807) is 0 Å². The lowest BCUT2D eigenvalue weighted by Gasteiger charge is -2.37. The zero-order valence-corrected chi connectivity index (χ0v) is 12.0. The van der Waals surface area contributed by atoms with Gasteiger partial charge in [0.2, 0.25) is 0 Å². The fraction of sp³-hybridized carbons (Fsp3) is 0.400. The van der Waals surface area contributed by atoms with Crippen LogP contribution in [-0.4, -0.2) is 39.4 Å². The number of nitrogens with one attached hydrogen (secondary N) is 1. The molecule has 1 aromatic carbocycles. The molecule has 100 valence electrons. The van der Waals surface area contributed by atoms with Crippen molar-refractivity contribution >= 4 is 28.6 Å². The van der Waals surface area contributed by atoms with Crippen molar-refractivity contribution in [3.8, 4) is 0 Å². The fourth-order valence-corrected chi connectivity index (χ4v) is 3.72. The van der Waals surface area contributed by atoms with Gasteiger partial charge in [-0.25, -0.2) is 0 Å². The summed E-state index contributed by atoms with van der Waals surface area (Å²) < 4.78 is 0. The van der Waals surface area contributed by atoms with Crippen molar-refractivity contribution in [1.82, 2.24) is 9.88 Å². The highest BCUT2D eigenvalue weighted by Crippen LogP contribution is 2.27. The predicted octanol–water partition coefficient (Wildman–Crippen LogP) is 3.13. The number of aromatic amines is 1. The number of benzene rings is 1. The van der Waals surface area contributed by atoms with E-state index in [2.05, 4.69) is 18.8 Å². The molecule has 2 unspecified atom stereocenters. The molecule has 1 aliphatic rings. The summed E-state index contributed by atoms with van der Waals surface area (Å²) in [5, 5.41) is 1.52. The van der Waals surface area contributed by atoms with E-state index in [0.29, 0.717) is 11.3 Å². The van der Waals surface area contributed by atoms with E-state index in [-0.39, 0.29) is 5.91 Å². The lowest BCUT2D eigenvalue weighted by atomic mass is 10.1. The van der Waals surface area contributed by atoms with Gasteiger partial charge in [-0.05, 0) is 13.0 Å². The zero-order valence-electron chi connectivity index (χ0n) is 11.2. The molecular weight excluding hydrogens is 256 g/mol. The number of carbonyl (C=O) groups excluding carboxylic acids is 1. The number of hydrogen-bond donors (Lipinski definition) is 1. The fourth-order valence-electron chi connectivity index (χ4n) is 2.62. The molecule has 4 heteroatoms. The summed E-state index contributed by atoms with van der Waals surface area (Å²) in [5.41, 5.74) is 1.82. The van der Waals surface area contributed by atoms with E-state index in [4.69, 9.17) is 0 Å². The highest BCUT2D eigenvalue weighted by molar-refractivity contribution is 8.00. The maximum Gasteiger partial charge on any atom is 0.256 e. The Morgan fingerprint density at radius 2 is 2.16 bits per heavy atom. The average molecular weight is 274 g/mol. The van der Waals surface area contributed by atoms with Crippen LogP contribution in [0.1, 0.15) is 24.2 Å². The number of hydrogen-bond acceptors (Lipinski definition) is 2. The second-order valence-corrected chi connectivity index (χ2v) is 6.55. The van der Waals surface area contributed by atoms with Gasteiger partial charge < -0.3 is 9.88 Å². The van der Waals surface area contributed by atoms with Gasteiger partial charge in [0.05, 0.1) is 5.56 Å². The van der Waals surface area contributed by atoms with Gasteiger partial charge in [-0.3, -0.25) is 4.79 Å². The number of amides is 1. The van der Waals surface area contributed by atoms with E-state index >= 15 is 0 Å². The maximum absolute atomic E-state index is 12.7. The van der Waals surface area contributed by atoms with E-state index in [0.717, 1.165) is 28.8 Å². The Morgan fingerprint density at radius 1 is 1.37 bits per heavy atom. The van der Waals surface area contributed by atoms with Crippen LogP contribution in [0.4, 0.5) is 0 Å². The summed E-state index contributed by atoms with van der Waals surface area (Å²) in [5.74, 6) is 1.18. The summed E-state index contributed by atoms with van der Waals surface area (Å²) in [6, 6.07) is 8.26. The van der Waals surface area contributed by atoms with Crippen molar-refractivity contribution in [2.24, 2.45) is 0 Å². The van der Waals surface area contributed by atoms with Gasteiger partial charge in [0, 0.05) is 40.7 Å². The Hall–Kier alpha value is -1.42. The molecule has 1 N–H and O–H groups in total. The Bertz CT molecular complexity index is 607. The van der Waals surface area contributed by atoms with Crippen molar-refractivity contribution in [3.63, 3.8) is 0 Å². The number of fused-ring (bicyclic) bond motifs is 1. The second kappa shape index (κ2) is 4.93. The van der Waals surface area contributed by atoms with E-state index in [1.165, 1.54) is 0 Å². The molecule has 19 heavy (non-hydrogen) atoms. The third kappa shape index (κ3) is 2.14. The molecule has 0 saturated carbocycles. The molecule has 3 nitrogen and oxygen atoms in total. The highest BCUT2D eigenvalue weighted by atomic mass is 32.2. The normalized spacial score (nSPS) is 23.8. The first-order valence-corrected chi connectivity index (χ1v) is 7.72. The minimum Gasteiger partial charge on any atom is -0.360 e. The molecule has 0 spiro atoms. The second-order valence-electron chi connectivity index (χ2n) is 5.06. The quantitative estimate of drug-likeness (QED) is 0.867. The maximum atomic E-state index is 12.7. The van der Waals surface area contributed by atoms with Crippen LogP contribution in [0.2, 0.25) is 0 Å². The van der Waals surface area contributed by atoms with Crippen LogP contribution in [0, 0.1) is 0 Å². The molecule has 1 aromatic heterocycles. The lowest BCUT2D eigenvalue weighted by molar-refractivity contribution is 0.0700. The van der Waals surface area contributed by atoms with Crippen LogP contribution in [0.25, 0.3) is 10.9 Å². The van der Waals surface area contributed by atoms with Crippen molar-refractivity contribution in [2.45, 2.75) is 25.1 Å². The van der Waals surface area contributed by atoms with Crippen LogP contribution in [0.3, 0.4) is 0 Å². The molecule has 0 aliphatic carbocycles. The molecule has 1 fully saturated rings. The predicted molar refractivity (Wildman–Crippen MR) is 80.7 cm³/mol. The van der Waals surface area contributed by atoms with E-state index in [9.17, 15) is 4.79 Å². The minimum absolute atomic E-state index is 0.150. The summed E-state index contributed by atoms with van der Waals surface area (Å²) in [4.78, 5) is 17.9. The number of para-hydroxylation sites is 1. The summed E-state index contributed by atoms with van der Waals surface area (Å²) in [6.07, 6.45) is 1.84. The first kappa shape index (κ1) is 12.6.